The lowest BCUT2D eigenvalue weighted by molar-refractivity contribution is -0.122. The monoisotopic (exact) mass is 359 g/mol. The first-order chi connectivity index (χ1) is 12.4. The number of benzene rings is 2. The standard InChI is InChI=1S/C19H19F2N3O2/c20-13-6-7-16(21)15(10-13)19(26)23-14-4-1-3-12(9-14)11-24-8-2-5-17(24)18(22)25/h1,3-4,6-7,9-10,17H,2,5,8,11H2,(H2,22,25)(H,23,26). The molecule has 3 N–H and O–H groups in total. The summed E-state index contributed by atoms with van der Waals surface area (Å²) >= 11 is 0. The van der Waals surface area contributed by atoms with Crippen LogP contribution in [-0.4, -0.2) is 29.3 Å². The Labute approximate surface area is 149 Å². The van der Waals surface area contributed by atoms with Crippen molar-refractivity contribution in [1.82, 2.24) is 4.90 Å². The first kappa shape index (κ1) is 18.0. The minimum Gasteiger partial charge on any atom is -0.368 e. The number of amides is 2. The molecule has 0 aliphatic carbocycles. The van der Waals surface area contributed by atoms with Gasteiger partial charge in [-0.05, 0) is 55.3 Å². The number of nitrogens with one attached hydrogen (secondary N) is 1. The van der Waals surface area contributed by atoms with Crippen molar-refractivity contribution in [2.45, 2.75) is 25.4 Å². The summed E-state index contributed by atoms with van der Waals surface area (Å²) in [5.74, 6) is -2.54. The van der Waals surface area contributed by atoms with E-state index in [9.17, 15) is 18.4 Å². The average Bonchev–Trinajstić information content (AvgIpc) is 3.05. The van der Waals surface area contributed by atoms with Crippen molar-refractivity contribution >= 4 is 17.5 Å². The van der Waals surface area contributed by atoms with Crippen molar-refractivity contribution in [2.24, 2.45) is 5.73 Å². The summed E-state index contributed by atoms with van der Waals surface area (Å²) in [5.41, 5.74) is 6.42. The number of primary amides is 1. The highest BCUT2D eigenvalue weighted by molar-refractivity contribution is 6.04. The topological polar surface area (TPSA) is 75.4 Å². The van der Waals surface area contributed by atoms with Crippen LogP contribution in [0, 0.1) is 11.6 Å². The van der Waals surface area contributed by atoms with E-state index in [2.05, 4.69) is 5.32 Å². The average molecular weight is 359 g/mol. The van der Waals surface area contributed by atoms with E-state index in [1.807, 2.05) is 11.0 Å². The van der Waals surface area contributed by atoms with Crippen LogP contribution >= 0.6 is 0 Å². The van der Waals surface area contributed by atoms with E-state index in [1.54, 1.807) is 18.2 Å². The van der Waals surface area contributed by atoms with Crippen LogP contribution in [0.4, 0.5) is 14.5 Å². The predicted octanol–water partition coefficient (Wildman–Crippen LogP) is 2.67. The molecule has 26 heavy (non-hydrogen) atoms. The van der Waals surface area contributed by atoms with Gasteiger partial charge in [-0.1, -0.05) is 12.1 Å². The minimum absolute atomic E-state index is 0.283. The first-order valence-electron chi connectivity index (χ1n) is 8.33. The van der Waals surface area contributed by atoms with Gasteiger partial charge in [0.2, 0.25) is 5.91 Å². The van der Waals surface area contributed by atoms with Crippen LogP contribution in [0.15, 0.2) is 42.5 Å². The van der Waals surface area contributed by atoms with E-state index in [1.165, 1.54) is 0 Å². The normalized spacial score (nSPS) is 17.2. The second-order valence-electron chi connectivity index (χ2n) is 6.31. The Kier molecular flexibility index (Phi) is 5.27. The third kappa shape index (κ3) is 4.05. The van der Waals surface area contributed by atoms with Gasteiger partial charge in [-0.25, -0.2) is 8.78 Å². The summed E-state index contributed by atoms with van der Waals surface area (Å²) in [5, 5.41) is 2.57. The molecule has 0 radical (unpaired) electrons. The van der Waals surface area contributed by atoms with Crippen LogP contribution in [0.1, 0.15) is 28.8 Å². The van der Waals surface area contributed by atoms with E-state index in [0.717, 1.165) is 43.1 Å². The lowest BCUT2D eigenvalue weighted by atomic mass is 10.1. The lowest BCUT2D eigenvalue weighted by Gasteiger charge is -2.22. The Morgan fingerprint density at radius 1 is 1.19 bits per heavy atom. The lowest BCUT2D eigenvalue weighted by Crippen LogP contribution is -2.39. The van der Waals surface area contributed by atoms with Crippen LogP contribution in [0.3, 0.4) is 0 Å². The highest BCUT2D eigenvalue weighted by atomic mass is 19.1. The Morgan fingerprint density at radius 3 is 2.77 bits per heavy atom. The zero-order valence-electron chi connectivity index (χ0n) is 14.0. The van der Waals surface area contributed by atoms with Gasteiger partial charge < -0.3 is 11.1 Å². The molecule has 1 aliphatic rings. The maximum Gasteiger partial charge on any atom is 0.258 e. The molecule has 1 aliphatic heterocycles. The van der Waals surface area contributed by atoms with Crippen LogP contribution < -0.4 is 11.1 Å². The third-order valence-electron chi connectivity index (χ3n) is 4.44. The number of likely N-dealkylation sites (tertiary alicyclic amines) is 1. The van der Waals surface area contributed by atoms with E-state index in [0.29, 0.717) is 12.2 Å². The van der Waals surface area contributed by atoms with Gasteiger partial charge in [-0.3, -0.25) is 14.5 Å². The van der Waals surface area contributed by atoms with Crippen molar-refractivity contribution < 1.29 is 18.4 Å². The Hall–Kier alpha value is -2.80. The molecule has 0 bridgehead atoms. The second kappa shape index (κ2) is 7.61. The van der Waals surface area contributed by atoms with E-state index in [-0.39, 0.29) is 17.5 Å². The summed E-state index contributed by atoms with van der Waals surface area (Å²) in [6, 6.07) is 9.47. The fraction of sp³-hybridized carbons (Fsp3) is 0.263. The SMILES string of the molecule is NC(=O)C1CCCN1Cc1cccc(NC(=O)c2cc(F)ccc2F)c1. The number of hydrogen-bond acceptors (Lipinski definition) is 3. The smallest absolute Gasteiger partial charge is 0.258 e. The fourth-order valence-electron chi connectivity index (χ4n) is 3.19. The Bertz CT molecular complexity index is 841. The zero-order chi connectivity index (χ0) is 18.7. The highest BCUT2D eigenvalue weighted by Crippen LogP contribution is 2.21. The molecule has 1 fully saturated rings. The minimum atomic E-state index is -0.790. The molecule has 3 rings (SSSR count). The molecule has 1 unspecified atom stereocenters. The van der Waals surface area contributed by atoms with Gasteiger partial charge in [-0.2, -0.15) is 0 Å². The molecule has 1 heterocycles. The van der Waals surface area contributed by atoms with Gasteiger partial charge in [0.15, 0.2) is 0 Å². The molecule has 1 saturated heterocycles. The molecule has 5 nitrogen and oxygen atoms in total. The molecule has 2 aromatic rings. The molecule has 2 aromatic carbocycles. The quantitative estimate of drug-likeness (QED) is 0.862. The number of anilines is 1. The maximum atomic E-state index is 13.7. The van der Waals surface area contributed by atoms with Gasteiger partial charge >= 0.3 is 0 Å². The molecule has 7 heteroatoms. The Morgan fingerprint density at radius 2 is 2.00 bits per heavy atom. The first-order valence-corrected chi connectivity index (χ1v) is 8.33. The number of nitrogens with zero attached hydrogens (tertiary/aromatic N) is 1. The molecular formula is C19H19F2N3O2. The van der Waals surface area contributed by atoms with Gasteiger partial charge in [-0.15, -0.1) is 0 Å². The second-order valence-corrected chi connectivity index (χ2v) is 6.31. The van der Waals surface area contributed by atoms with Gasteiger partial charge in [0.1, 0.15) is 11.6 Å². The number of halogens is 2. The van der Waals surface area contributed by atoms with Crippen molar-refractivity contribution in [3.8, 4) is 0 Å². The van der Waals surface area contributed by atoms with Gasteiger partial charge in [0.25, 0.3) is 5.91 Å². The summed E-state index contributed by atoms with van der Waals surface area (Å²) in [6.45, 7) is 1.30. The van der Waals surface area contributed by atoms with Crippen molar-refractivity contribution in [2.75, 3.05) is 11.9 Å². The number of rotatable bonds is 5. The van der Waals surface area contributed by atoms with E-state index >= 15 is 0 Å². The summed E-state index contributed by atoms with van der Waals surface area (Å²) in [6.07, 6.45) is 1.65. The molecule has 2 amide bonds. The zero-order valence-corrected chi connectivity index (χ0v) is 14.0. The molecule has 1 atom stereocenters. The third-order valence-corrected chi connectivity index (χ3v) is 4.44. The molecule has 0 spiro atoms. The van der Waals surface area contributed by atoms with Crippen LogP contribution in [0.5, 0.6) is 0 Å². The predicted molar refractivity (Wildman–Crippen MR) is 93.4 cm³/mol. The summed E-state index contributed by atoms with van der Waals surface area (Å²) in [4.78, 5) is 25.7. The number of nitrogens with two attached hydrogens (primary N) is 1. The summed E-state index contributed by atoms with van der Waals surface area (Å²) in [7, 11) is 0. The number of hydrogen-bond donors (Lipinski definition) is 2. The largest absolute Gasteiger partial charge is 0.368 e. The van der Waals surface area contributed by atoms with E-state index in [4.69, 9.17) is 5.73 Å². The van der Waals surface area contributed by atoms with Crippen LogP contribution in [0.25, 0.3) is 0 Å². The van der Waals surface area contributed by atoms with Gasteiger partial charge in [0.05, 0.1) is 11.6 Å². The maximum absolute atomic E-state index is 13.7. The fourth-order valence-corrected chi connectivity index (χ4v) is 3.19. The molecule has 0 saturated carbocycles. The molecular weight excluding hydrogens is 340 g/mol. The molecule has 136 valence electrons. The van der Waals surface area contributed by atoms with Crippen molar-refractivity contribution in [1.29, 1.82) is 0 Å². The van der Waals surface area contributed by atoms with E-state index < -0.39 is 17.5 Å². The van der Waals surface area contributed by atoms with Crippen molar-refractivity contribution in [3.05, 3.63) is 65.2 Å². The van der Waals surface area contributed by atoms with Crippen molar-refractivity contribution in [3.63, 3.8) is 0 Å². The Balaban J connectivity index is 1.72. The van der Waals surface area contributed by atoms with Crippen LogP contribution in [0.2, 0.25) is 0 Å². The summed E-state index contributed by atoms with van der Waals surface area (Å²) < 4.78 is 27.0. The van der Waals surface area contributed by atoms with Crippen LogP contribution in [-0.2, 0) is 11.3 Å². The molecule has 0 aromatic heterocycles. The number of carbonyl (C=O) groups excluding carboxylic acids is 2. The highest BCUT2D eigenvalue weighted by Gasteiger charge is 2.28. The number of carbonyl (C=O) groups is 2. The van der Waals surface area contributed by atoms with Gasteiger partial charge in [0, 0.05) is 12.2 Å².